The Hall–Kier alpha value is -2.33. The number of hydrogen-bond acceptors (Lipinski definition) is 3. The number of nitrogens with zero attached hydrogens (tertiary/aromatic N) is 1. The normalized spacial score (nSPS) is 12.4. The van der Waals surface area contributed by atoms with E-state index < -0.39 is 6.29 Å². The molecule has 4 heteroatoms. The van der Waals surface area contributed by atoms with Crippen LogP contribution in [0.5, 0.6) is 5.75 Å². The molecule has 0 heterocycles. The first-order valence-corrected chi connectivity index (χ1v) is 12.7. The lowest BCUT2D eigenvalue weighted by Gasteiger charge is -2.30. The van der Waals surface area contributed by atoms with Crippen molar-refractivity contribution in [2.24, 2.45) is 0 Å². The molecule has 2 rings (SSSR count). The van der Waals surface area contributed by atoms with Crippen molar-refractivity contribution in [3.63, 3.8) is 0 Å². The van der Waals surface area contributed by atoms with Crippen LogP contribution in [0.4, 0.5) is 0 Å². The quantitative estimate of drug-likeness (QED) is 0.120. The SMILES string of the molecule is CCCCCCCCc1ccccc1OC(CC)OC(=O)CC[N+](C)(C)Cc1ccccc1. The summed E-state index contributed by atoms with van der Waals surface area (Å²) in [6.07, 6.45) is 9.08. The van der Waals surface area contributed by atoms with Crippen LogP contribution in [-0.4, -0.2) is 37.4 Å². The van der Waals surface area contributed by atoms with E-state index in [0.29, 0.717) is 12.8 Å². The van der Waals surface area contributed by atoms with Crippen LogP contribution in [0.25, 0.3) is 0 Å². The summed E-state index contributed by atoms with van der Waals surface area (Å²) >= 11 is 0. The largest absolute Gasteiger partial charge is 0.455 e. The highest BCUT2D eigenvalue weighted by Crippen LogP contribution is 2.23. The van der Waals surface area contributed by atoms with E-state index in [4.69, 9.17) is 9.47 Å². The molecule has 0 radical (unpaired) electrons. The van der Waals surface area contributed by atoms with Gasteiger partial charge in [-0.15, -0.1) is 0 Å². The molecule has 0 spiro atoms. The van der Waals surface area contributed by atoms with Gasteiger partial charge in [-0.2, -0.15) is 0 Å². The number of ether oxygens (including phenoxy) is 2. The summed E-state index contributed by atoms with van der Waals surface area (Å²) < 4.78 is 12.6. The summed E-state index contributed by atoms with van der Waals surface area (Å²) in [6.45, 7) is 5.84. The molecule has 2 aromatic carbocycles. The van der Waals surface area contributed by atoms with Gasteiger partial charge in [-0.25, -0.2) is 0 Å². The molecule has 0 aliphatic rings. The lowest BCUT2D eigenvalue weighted by Crippen LogP contribution is -2.41. The molecule has 0 amide bonds. The number of esters is 1. The molecule has 0 fully saturated rings. The molecule has 0 saturated carbocycles. The maximum atomic E-state index is 12.6. The van der Waals surface area contributed by atoms with E-state index in [0.717, 1.165) is 36.2 Å². The van der Waals surface area contributed by atoms with Crippen LogP contribution in [0.1, 0.15) is 76.3 Å². The van der Waals surface area contributed by atoms with E-state index in [2.05, 4.69) is 57.4 Å². The van der Waals surface area contributed by atoms with Gasteiger partial charge in [0.15, 0.2) is 0 Å². The third-order valence-electron chi connectivity index (χ3n) is 6.00. The molecular weight excluding hydrogens is 410 g/mol. The van der Waals surface area contributed by atoms with Crippen molar-refractivity contribution in [1.29, 1.82) is 0 Å². The second-order valence-electron chi connectivity index (χ2n) is 9.62. The lowest BCUT2D eigenvalue weighted by molar-refractivity contribution is -0.903. The first-order valence-electron chi connectivity index (χ1n) is 12.7. The second-order valence-corrected chi connectivity index (χ2v) is 9.62. The Balaban J connectivity index is 1.81. The maximum absolute atomic E-state index is 12.6. The van der Waals surface area contributed by atoms with Crippen molar-refractivity contribution >= 4 is 5.97 Å². The summed E-state index contributed by atoms with van der Waals surface area (Å²) in [7, 11) is 4.29. The zero-order valence-electron chi connectivity index (χ0n) is 21.2. The van der Waals surface area contributed by atoms with Crippen molar-refractivity contribution < 1.29 is 18.8 Å². The number of rotatable bonds is 16. The number of aryl methyl sites for hydroxylation is 1. The topological polar surface area (TPSA) is 35.5 Å². The fourth-order valence-corrected chi connectivity index (χ4v) is 4.01. The number of quaternary nitrogens is 1. The highest BCUT2D eigenvalue weighted by Gasteiger charge is 2.21. The Labute approximate surface area is 201 Å². The standard InChI is InChI=1S/C29H44NO3/c1-5-7-8-9-10-14-19-26-20-15-16-21-27(26)32-29(6-2)33-28(31)22-23-30(3,4)24-25-17-12-11-13-18-25/h11-13,15-18,20-21,29H,5-10,14,19,22-24H2,1-4H3/q+1. The molecule has 1 unspecified atom stereocenters. The van der Waals surface area contributed by atoms with Gasteiger partial charge in [0, 0.05) is 12.0 Å². The molecule has 0 aromatic heterocycles. The molecule has 4 nitrogen and oxygen atoms in total. The number of unbranched alkanes of at least 4 members (excludes halogenated alkanes) is 5. The Kier molecular flexibility index (Phi) is 12.0. The minimum absolute atomic E-state index is 0.200. The summed E-state index contributed by atoms with van der Waals surface area (Å²) in [5, 5.41) is 0. The van der Waals surface area contributed by atoms with Gasteiger partial charge < -0.3 is 14.0 Å². The zero-order valence-corrected chi connectivity index (χ0v) is 21.2. The van der Waals surface area contributed by atoms with Crippen LogP contribution >= 0.6 is 0 Å². The van der Waals surface area contributed by atoms with Crippen LogP contribution in [-0.2, 0) is 22.5 Å². The third kappa shape index (κ3) is 10.9. The van der Waals surface area contributed by atoms with Gasteiger partial charge in [0.2, 0.25) is 6.29 Å². The van der Waals surface area contributed by atoms with E-state index in [1.807, 2.05) is 25.1 Å². The van der Waals surface area contributed by atoms with Crippen LogP contribution < -0.4 is 4.74 Å². The Morgan fingerprint density at radius 2 is 1.55 bits per heavy atom. The highest BCUT2D eigenvalue weighted by atomic mass is 16.7. The first kappa shape index (κ1) is 26.9. The predicted molar refractivity (Wildman–Crippen MR) is 136 cm³/mol. The summed E-state index contributed by atoms with van der Waals surface area (Å²) in [4.78, 5) is 12.6. The fraction of sp³-hybridized carbons (Fsp3) is 0.552. The van der Waals surface area contributed by atoms with Gasteiger partial charge in [0.25, 0.3) is 0 Å². The lowest BCUT2D eigenvalue weighted by atomic mass is 10.0. The van der Waals surface area contributed by atoms with E-state index in [1.165, 1.54) is 43.2 Å². The monoisotopic (exact) mass is 454 g/mol. The number of hydrogen-bond donors (Lipinski definition) is 0. The van der Waals surface area contributed by atoms with Gasteiger partial charge in [0.05, 0.1) is 27.1 Å². The smallest absolute Gasteiger partial charge is 0.314 e. The predicted octanol–water partition coefficient (Wildman–Crippen LogP) is 6.91. The third-order valence-corrected chi connectivity index (χ3v) is 6.00. The first-order chi connectivity index (χ1) is 15.9. The molecular formula is C29H44NO3+. The average molecular weight is 455 g/mol. The van der Waals surface area contributed by atoms with Gasteiger partial charge >= 0.3 is 5.97 Å². The summed E-state index contributed by atoms with van der Waals surface area (Å²) in [5.74, 6) is 0.639. The highest BCUT2D eigenvalue weighted by molar-refractivity contribution is 5.69. The molecule has 0 saturated heterocycles. The van der Waals surface area contributed by atoms with Crippen molar-refractivity contribution in [2.75, 3.05) is 20.6 Å². The zero-order chi connectivity index (χ0) is 23.9. The Bertz CT molecular complexity index is 804. The van der Waals surface area contributed by atoms with Gasteiger partial charge in [-0.3, -0.25) is 4.79 Å². The van der Waals surface area contributed by atoms with Gasteiger partial charge in [0.1, 0.15) is 12.3 Å². The van der Waals surface area contributed by atoms with Crippen LogP contribution in [0, 0.1) is 0 Å². The van der Waals surface area contributed by atoms with Crippen molar-refractivity contribution in [2.45, 2.75) is 84.5 Å². The molecule has 0 aliphatic carbocycles. The average Bonchev–Trinajstić information content (AvgIpc) is 2.81. The minimum atomic E-state index is -0.548. The second kappa shape index (κ2) is 14.7. The van der Waals surface area contributed by atoms with Crippen molar-refractivity contribution in [3.05, 3.63) is 65.7 Å². The molecule has 0 N–H and O–H groups in total. The molecule has 182 valence electrons. The maximum Gasteiger partial charge on any atom is 0.314 e. The van der Waals surface area contributed by atoms with Gasteiger partial charge in [-0.1, -0.05) is 94.5 Å². The van der Waals surface area contributed by atoms with Gasteiger partial charge in [-0.05, 0) is 24.5 Å². The minimum Gasteiger partial charge on any atom is -0.455 e. The molecule has 2 aromatic rings. The number of carbonyl (C=O) groups is 1. The van der Waals surface area contributed by atoms with Crippen LogP contribution in [0.15, 0.2) is 54.6 Å². The Morgan fingerprint density at radius 3 is 2.27 bits per heavy atom. The summed E-state index contributed by atoms with van der Waals surface area (Å²) in [6, 6.07) is 18.5. The van der Waals surface area contributed by atoms with E-state index in [9.17, 15) is 4.79 Å². The molecule has 0 aliphatic heterocycles. The number of para-hydroxylation sites is 1. The Morgan fingerprint density at radius 1 is 0.879 bits per heavy atom. The van der Waals surface area contributed by atoms with Crippen LogP contribution in [0.3, 0.4) is 0 Å². The number of benzene rings is 2. The van der Waals surface area contributed by atoms with E-state index in [1.54, 1.807) is 0 Å². The summed E-state index contributed by atoms with van der Waals surface area (Å²) in [5.41, 5.74) is 2.47. The van der Waals surface area contributed by atoms with Crippen molar-refractivity contribution in [1.82, 2.24) is 0 Å². The molecule has 33 heavy (non-hydrogen) atoms. The van der Waals surface area contributed by atoms with E-state index in [-0.39, 0.29) is 5.97 Å². The van der Waals surface area contributed by atoms with Crippen molar-refractivity contribution in [3.8, 4) is 5.75 Å². The van der Waals surface area contributed by atoms with Crippen LogP contribution in [0.2, 0.25) is 0 Å². The number of carbonyl (C=O) groups excluding carboxylic acids is 1. The molecule has 0 bridgehead atoms. The molecule has 1 atom stereocenters. The fourth-order valence-electron chi connectivity index (χ4n) is 4.01. The van der Waals surface area contributed by atoms with E-state index >= 15 is 0 Å².